The summed E-state index contributed by atoms with van der Waals surface area (Å²) in [7, 11) is 0. The smallest absolute Gasteiger partial charge is 0.310 e. The van der Waals surface area contributed by atoms with E-state index in [1.165, 1.54) is 0 Å². The van der Waals surface area contributed by atoms with Gasteiger partial charge in [0.1, 0.15) is 11.5 Å². The van der Waals surface area contributed by atoms with Gasteiger partial charge in [0.2, 0.25) is 5.91 Å². The lowest BCUT2D eigenvalue weighted by atomic mass is 9.74. The lowest BCUT2D eigenvalue weighted by molar-refractivity contribution is -0.146. The molecule has 1 amide bonds. The summed E-state index contributed by atoms with van der Waals surface area (Å²) in [5.74, 6) is -2.67. The van der Waals surface area contributed by atoms with Crippen LogP contribution in [-0.2, 0) is 14.3 Å². The van der Waals surface area contributed by atoms with E-state index < -0.39 is 29.5 Å². The number of aliphatic carboxylic acids is 1. The Hall–Kier alpha value is -2.40. The van der Waals surface area contributed by atoms with E-state index in [4.69, 9.17) is 4.74 Å². The van der Waals surface area contributed by atoms with Crippen molar-refractivity contribution in [2.75, 3.05) is 4.90 Å². The third-order valence-electron chi connectivity index (χ3n) is 5.62. The second-order valence-corrected chi connectivity index (χ2v) is 7.31. The zero-order chi connectivity index (χ0) is 17.9. The minimum Gasteiger partial charge on any atom is -0.481 e. The number of rotatable bonds is 4. The number of anilines is 1. The first-order valence-corrected chi connectivity index (χ1v) is 8.50. The number of nitrogens with zero attached hydrogens (tertiary/aromatic N) is 1. The van der Waals surface area contributed by atoms with Gasteiger partial charge in [0.05, 0.1) is 18.1 Å². The maximum atomic E-state index is 13.4. The third kappa shape index (κ3) is 2.05. The van der Waals surface area contributed by atoms with E-state index in [0.717, 1.165) is 16.8 Å². The van der Waals surface area contributed by atoms with E-state index >= 15 is 0 Å². The van der Waals surface area contributed by atoms with E-state index in [-0.39, 0.29) is 11.9 Å². The van der Waals surface area contributed by atoms with E-state index in [0.29, 0.717) is 6.42 Å². The summed E-state index contributed by atoms with van der Waals surface area (Å²) in [5.41, 5.74) is 1.84. The number of aryl methyl sites for hydroxylation is 1. The molecule has 0 aliphatic carbocycles. The fraction of sp³-hybridized carbons (Fsp3) is 0.400. The van der Waals surface area contributed by atoms with Gasteiger partial charge in [0.15, 0.2) is 0 Å². The molecule has 1 spiro atoms. The van der Waals surface area contributed by atoms with E-state index in [1.54, 1.807) is 11.0 Å². The monoisotopic (exact) mass is 339 g/mol. The number of ether oxygens (including phenoxy) is 1. The highest BCUT2D eigenvalue weighted by Crippen LogP contribution is 2.57. The van der Waals surface area contributed by atoms with Gasteiger partial charge in [-0.1, -0.05) is 35.9 Å². The predicted octanol–water partition coefficient (Wildman–Crippen LogP) is 2.70. The Morgan fingerprint density at radius 3 is 2.76 bits per heavy atom. The zero-order valence-corrected chi connectivity index (χ0v) is 14.3. The van der Waals surface area contributed by atoms with E-state index in [2.05, 4.69) is 6.58 Å². The molecule has 5 nitrogen and oxygen atoms in total. The number of para-hydroxylation sites is 1. The highest BCUT2D eigenvalue weighted by atomic mass is 16.5. The first-order valence-electron chi connectivity index (χ1n) is 8.50. The van der Waals surface area contributed by atoms with Crippen molar-refractivity contribution in [3.63, 3.8) is 0 Å². The number of carbonyl (C=O) groups is 2. The molecule has 2 saturated heterocycles. The van der Waals surface area contributed by atoms with Crippen LogP contribution < -0.4 is 4.90 Å². The minimum atomic E-state index is -0.977. The molecule has 25 heavy (non-hydrogen) atoms. The summed E-state index contributed by atoms with van der Waals surface area (Å²) in [4.78, 5) is 26.9. The predicted molar refractivity (Wildman–Crippen MR) is 93.2 cm³/mol. The van der Waals surface area contributed by atoms with Crippen LogP contribution in [0.15, 0.2) is 48.6 Å². The maximum absolute atomic E-state index is 13.4. The second-order valence-electron chi connectivity index (χ2n) is 7.31. The second kappa shape index (κ2) is 5.30. The topological polar surface area (TPSA) is 66.8 Å². The van der Waals surface area contributed by atoms with E-state index in [9.17, 15) is 14.7 Å². The summed E-state index contributed by atoms with van der Waals surface area (Å²) >= 11 is 0. The Bertz CT molecular complexity index is 814. The van der Waals surface area contributed by atoms with Gasteiger partial charge in [0, 0.05) is 5.69 Å². The molecular formula is C20H21NO4. The van der Waals surface area contributed by atoms with Gasteiger partial charge in [-0.15, -0.1) is 6.58 Å². The highest BCUT2D eigenvalue weighted by Gasteiger charge is 2.71. The molecule has 1 N–H and O–H groups in total. The first-order chi connectivity index (χ1) is 11.9. The molecule has 2 fully saturated rings. The molecule has 130 valence electrons. The quantitative estimate of drug-likeness (QED) is 0.857. The van der Waals surface area contributed by atoms with Crippen LogP contribution in [0.25, 0.3) is 0 Å². The van der Waals surface area contributed by atoms with Crippen molar-refractivity contribution in [3.05, 3.63) is 54.1 Å². The van der Waals surface area contributed by atoms with Crippen molar-refractivity contribution in [2.45, 2.75) is 38.0 Å². The Morgan fingerprint density at radius 1 is 1.40 bits per heavy atom. The van der Waals surface area contributed by atoms with Gasteiger partial charge in [0.25, 0.3) is 0 Å². The summed E-state index contributed by atoms with van der Waals surface area (Å²) in [6.07, 6.45) is 3.75. The Labute approximate surface area is 146 Å². The molecule has 3 heterocycles. The minimum absolute atomic E-state index is 0.167. The summed E-state index contributed by atoms with van der Waals surface area (Å²) in [6.45, 7) is 7.88. The van der Waals surface area contributed by atoms with Gasteiger partial charge >= 0.3 is 5.97 Å². The van der Waals surface area contributed by atoms with Gasteiger partial charge < -0.3 is 14.7 Å². The SMILES string of the molecule is C=C(C)CC1N(c2ccccc2C)C(=O)[C@H]2C(C(=O)O)[C@H]3C=CC12O3. The highest BCUT2D eigenvalue weighted by molar-refractivity contribution is 6.03. The van der Waals surface area contributed by atoms with Crippen molar-refractivity contribution in [1.82, 2.24) is 0 Å². The molecule has 1 aromatic carbocycles. The van der Waals surface area contributed by atoms with Gasteiger partial charge in [-0.25, -0.2) is 0 Å². The molecule has 0 saturated carbocycles. The largest absolute Gasteiger partial charge is 0.481 e. The lowest BCUT2D eigenvalue weighted by Gasteiger charge is -2.34. The third-order valence-corrected chi connectivity index (χ3v) is 5.62. The normalized spacial score (nSPS) is 35.3. The molecular weight excluding hydrogens is 318 g/mol. The van der Waals surface area contributed by atoms with Crippen molar-refractivity contribution < 1.29 is 19.4 Å². The van der Waals surface area contributed by atoms with Gasteiger partial charge in [-0.2, -0.15) is 0 Å². The number of carboxylic acids is 1. The molecule has 0 radical (unpaired) electrons. The Morgan fingerprint density at radius 2 is 2.12 bits per heavy atom. The number of carbonyl (C=O) groups excluding carboxylic acids is 1. The average Bonchev–Trinajstić information content (AvgIpc) is 3.18. The fourth-order valence-corrected chi connectivity index (χ4v) is 4.63. The van der Waals surface area contributed by atoms with Crippen LogP contribution >= 0.6 is 0 Å². The molecule has 1 aromatic rings. The van der Waals surface area contributed by atoms with Crippen LogP contribution in [0.3, 0.4) is 0 Å². The maximum Gasteiger partial charge on any atom is 0.310 e. The summed E-state index contributed by atoms with van der Waals surface area (Å²) in [5, 5.41) is 9.67. The van der Waals surface area contributed by atoms with Crippen LogP contribution in [0, 0.1) is 18.8 Å². The van der Waals surface area contributed by atoms with Gasteiger partial charge in [-0.05, 0) is 31.9 Å². The lowest BCUT2D eigenvalue weighted by Crippen LogP contribution is -2.45. The Balaban J connectivity index is 1.87. The number of carboxylic acid groups (broad SMARTS) is 1. The van der Waals surface area contributed by atoms with Crippen molar-refractivity contribution in [3.8, 4) is 0 Å². The van der Waals surface area contributed by atoms with Crippen LogP contribution in [0.4, 0.5) is 5.69 Å². The molecule has 3 unspecified atom stereocenters. The molecule has 3 aliphatic rings. The van der Waals surface area contributed by atoms with Crippen LogP contribution in [0.1, 0.15) is 18.9 Å². The van der Waals surface area contributed by atoms with Crippen molar-refractivity contribution >= 4 is 17.6 Å². The molecule has 4 rings (SSSR count). The number of amides is 1. The molecule has 2 bridgehead atoms. The number of hydrogen-bond acceptors (Lipinski definition) is 3. The van der Waals surface area contributed by atoms with Crippen LogP contribution in [0.5, 0.6) is 0 Å². The summed E-state index contributed by atoms with van der Waals surface area (Å²) in [6, 6.07) is 7.39. The molecule has 3 aliphatic heterocycles. The summed E-state index contributed by atoms with van der Waals surface area (Å²) < 4.78 is 6.14. The van der Waals surface area contributed by atoms with Crippen molar-refractivity contribution in [2.24, 2.45) is 11.8 Å². The van der Waals surface area contributed by atoms with Crippen molar-refractivity contribution in [1.29, 1.82) is 0 Å². The molecule has 5 heteroatoms. The van der Waals surface area contributed by atoms with Gasteiger partial charge in [-0.3, -0.25) is 9.59 Å². The first kappa shape index (κ1) is 16.1. The fourth-order valence-electron chi connectivity index (χ4n) is 4.63. The number of fused-ring (bicyclic) bond motifs is 1. The average molecular weight is 339 g/mol. The van der Waals surface area contributed by atoms with Crippen LogP contribution in [0.2, 0.25) is 0 Å². The number of hydrogen-bond donors (Lipinski definition) is 1. The molecule has 0 aromatic heterocycles. The van der Waals surface area contributed by atoms with E-state index in [1.807, 2.05) is 44.2 Å². The van der Waals surface area contributed by atoms with Crippen LogP contribution in [-0.4, -0.2) is 34.7 Å². The standard InChI is InChI=1S/C20H21NO4/c1-11(2)10-15-20-9-8-14(25-20)16(19(23)24)17(20)18(22)21(15)13-7-5-4-6-12(13)3/h4-9,14-17H,1,10H2,2-3H3,(H,23,24)/t14-,15?,16?,17-,20?/m1/s1. The number of benzene rings is 1. The Kier molecular flexibility index (Phi) is 3.41. The zero-order valence-electron chi connectivity index (χ0n) is 14.3. The molecule has 5 atom stereocenters.